The third-order valence-electron chi connectivity index (χ3n) is 1.67. The van der Waals surface area contributed by atoms with E-state index in [1.807, 2.05) is 0 Å². The number of anilines is 1. The first kappa shape index (κ1) is 10.9. The molecule has 3 nitrogen and oxygen atoms in total. The van der Waals surface area contributed by atoms with E-state index >= 15 is 0 Å². The number of benzene rings is 1. The Morgan fingerprint density at radius 1 is 1.60 bits per heavy atom. The van der Waals surface area contributed by atoms with Gasteiger partial charge in [-0.1, -0.05) is 6.08 Å². The van der Waals surface area contributed by atoms with Gasteiger partial charge in [-0.2, -0.15) is 5.26 Å². The van der Waals surface area contributed by atoms with E-state index in [9.17, 15) is 9.18 Å². The van der Waals surface area contributed by atoms with E-state index < -0.39 is 11.7 Å². The fourth-order valence-corrected chi connectivity index (χ4v) is 1.01. The van der Waals surface area contributed by atoms with E-state index in [1.54, 1.807) is 19.1 Å². The molecule has 0 aliphatic heterocycles. The Morgan fingerprint density at radius 3 is 2.87 bits per heavy atom. The second-order valence-electron chi connectivity index (χ2n) is 2.80. The molecule has 0 saturated heterocycles. The van der Waals surface area contributed by atoms with Crippen LogP contribution in [0.1, 0.15) is 12.5 Å². The largest absolute Gasteiger partial charge is 0.320 e. The van der Waals surface area contributed by atoms with Gasteiger partial charge in [-0.15, -0.1) is 0 Å². The van der Waals surface area contributed by atoms with E-state index in [4.69, 9.17) is 5.26 Å². The maximum absolute atomic E-state index is 13.2. The van der Waals surface area contributed by atoms with Gasteiger partial charge < -0.3 is 5.32 Å². The molecule has 1 rings (SSSR count). The lowest BCUT2D eigenvalue weighted by Gasteiger charge is -2.03. The van der Waals surface area contributed by atoms with Crippen LogP contribution in [-0.2, 0) is 4.79 Å². The van der Waals surface area contributed by atoms with Gasteiger partial charge in [-0.3, -0.25) is 4.79 Å². The minimum absolute atomic E-state index is 0.0668. The summed E-state index contributed by atoms with van der Waals surface area (Å²) in [6.07, 6.45) is 2.84. The third-order valence-corrected chi connectivity index (χ3v) is 1.67. The minimum atomic E-state index is -0.619. The topological polar surface area (TPSA) is 52.9 Å². The smallest absolute Gasteiger partial charge is 0.248 e. The van der Waals surface area contributed by atoms with Crippen LogP contribution in [0.15, 0.2) is 30.4 Å². The van der Waals surface area contributed by atoms with Crippen molar-refractivity contribution < 1.29 is 9.18 Å². The molecule has 0 bridgehead atoms. The van der Waals surface area contributed by atoms with Crippen LogP contribution in [-0.4, -0.2) is 5.91 Å². The Hall–Kier alpha value is -2.15. The van der Waals surface area contributed by atoms with Crippen molar-refractivity contribution in [3.05, 3.63) is 41.7 Å². The number of carbonyl (C=O) groups excluding carboxylic acids is 1. The van der Waals surface area contributed by atoms with Crippen molar-refractivity contribution in [1.29, 1.82) is 5.26 Å². The van der Waals surface area contributed by atoms with Crippen LogP contribution < -0.4 is 5.32 Å². The van der Waals surface area contributed by atoms with Gasteiger partial charge in [-0.25, -0.2) is 4.39 Å². The third kappa shape index (κ3) is 2.92. The molecule has 0 aromatic heterocycles. The summed E-state index contributed by atoms with van der Waals surface area (Å²) in [5, 5.41) is 10.9. The Bertz CT molecular complexity index is 446. The summed E-state index contributed by atoms with van der Waals surface area (Å²) >= 11 is 0. The lowest BCUT2D eigenvalue weighted by molar-refractivity contribution is -0.111. The minimum Gasteiger partial charge on any atom is -0.320 e. The van der Waals surface area contributed by atoms with E-state index in [-0.39, 0.29) is 11.3 Å². The zero-order chi connectivity index (χ0) is 11.3. The Balaban J connectivity index is 2.88. The predicted octanol–water partition coefficient (Wildman–Crippen LogP) is 2.21. The highest BCUT2D eigenvalue weighted by molar-refractivity contribution is 5.99. The van der Waals surface area contributed by atoms with Gasteiger partial charge in [0, 0.05) is 0 Å². The zero-order valence-electron chi connectivity index (χ0n) is 8.12. The summed E-state index contributed by atoms with van der Waals surface area (Å²) in [5.74, 6) is -1.02. The van der Waals surface area contributed by atoms with Gasteiger partial charge in [-0.05, 0) is 31.2 Å². The molecule has 0 aliphatic carbocycles. The van der Waals surface area contributed by atoms with Crippen molar-refractivity contribution in [2.24, 2.45) is 0 Å². The van der Waals surface area contributed by atoms with Crippen molar-refractivity contribution in [1.82, 2.24) is 0 Å². The molecule has 0 unspecified atom stereocenters. The molecule has 0 fully saturated rings. The number of nitriles is 1. The number of halogens is 1. The van der Waals surface area contributed by atoms with Crippen LogP contribution >= 0.6 is 0 Å². The second kappa shape index (κ2) is 4.91. The number of allylic oxidation sites excluding steroid dienone is 1. The van der Waals surface area contributed by atoms with Crippen LogP contribution in [0.2, 0.25) is 0 Å². The molecular weight excluding hydrogens is 195 g/mol. The van der Waals surface area contributed by atoms with Gasteiger partial charge in [0.05, 0.1) is 17.3 Å². The lowest BCUT2D eigenvalue weighted by atomic mass is 10.2. The average Bonchev–Trinajstić information content (AvgIpc) is 2.21. The molecule has 76 valence electrons. The van der Waals surface area contributed by atoms with Gasteiger partial charge in [0.1, 0.15) is 5.82 Å². The molecule has 4 heteroatoms. The summed E-state index contributed by atoms with van der Waals surface area (Å²) < 4.78 is 13.2. The standard InChI is InChI=1S/C11H9FN2O/c1-2-3-11(15)14-10-5-4-8(7-13)6-9(10)12/h2-6H,1H3,(H,14,15)/b3-2+. The molecule has 0 aliphatic rings. The van der Waals surface area contributed by atoms with Crippen LogP contribution in [0.3, 0.4) is 0 Å². The van der Waals surface area contributed by atoms with Crippen LogP contribution in [0.25, 0.3) is 0 Å². The molecule has 1 amide bonds. The summed E-state index contributed by atoms with van der Waals surface area (Å²) in [5.41, 5.74) is 0.286. The van der Waals surface area contributed by atoms with E-state index in [0.717, 1.165) is 6.07 Å². The van der Waals surface area contributed by atoms with Crippen LogP contribution in [0.4, 0.5) is 10.1 Å². The summed E-state index contributed by atoms with van der Waals surface area (Å²) in [6.45, 7) is 1.69. The lowest BCUT2D eigenvalue weighted by Crippen LogP contribution is -2.09. The molecule has 1 N–H and O–H groups in total. The highest BCUT2D eigenvalue weighted by Gasteiger charge is 2.05. The second-order valence-corrected chi connectivity index (χ2v) is 2.80. The SMILES string of the molecule is C/C=C/C(=O)Nc1ccc(C#N)cc1F. The Labute approximate surface area is 86.8 Å². The first-order valence-corrected chi connectivity index (χ1v) is 4.30. The van der Waals surface area contributed by atoms with Crippen molar-refractivity contribution in [3.8, 4) is 6.07 Å². The number of nitrogens with one attached hydrogen (secondary N) is 1. The quantitative estimate of drug-likeness (QED) is 0.751. The van der Waals surface area contributed by atoms with Gasteiger partial charge >= 0.3 is 0 Å². The fourth-order valence-electron chi connectivity index (χ4n) is 1.01. The highest BCUT2D eigenvalue weighted by atomic mass is 19.1. The Kier molecular flexibility index (Phi) is 3.58. The summed E-state index contributed by atoms with van der Waals surface area (Å²) in [4.78, 5) is 11.1. The molecule has 1 aromatic rings. The molecular formula is C11H9FN2O. The predicted molar refractivity (Wildman–Crippen MR) is 54.6 cm³/mol. The molecule has 0 atom stereocenters. The van der Waals surface area contributed by atoms with Crippen LogP contribution in [0, 0.1) is 17.1 Å². The number of nitrogens with zero attached hydrogens (tertiary/aromatic N) is 1. The normalized spacial score (nSPS) is 9.93. The van der Waals surface area contributed by atoms with Gasteiger partial charge in [0.15, 0.2) is 0 Å². The van der Waals surface area contributed by atoms with E-state index in [0.29, 0.717) is 0 Å². The zero-order valence-corrected chi connectivity index (χ0v) is 8.12. The van der Waals surface area contributed by atoms with Crippen molar-refractivity contribution in [3.63, 3.8) is 0 Å². The first-order chi connectivity index (χ1) is 7.17. The number of rotatable bonds is 2. The summed E-state index contributed by atoms with van der Waals surface area (Å²) in [7, 11) is 0. The maximum atomic E-state index is 13.2. The number of hydrogen-bond donors (Lipinski definition) is 1. The highest BCUT2D eigenvalue weighted by Crippen LogP contribution is 2.15. The van der Waals surface area contributed by atoms with Crippen molar-refractivity contribution in [2.75, 3.05) is 5.32 Å². The molecule has 0 heterocycles. The van der Waals surface area contributed by atoms with E-state index in [1.165, 1.54) is 18.2 Å². The molecule has 1 aromatic carbocycles. The number of hydrogen-bond acceptors (Lipinski definition) is 2. The number of carbonyl (C=O) groups is 1. The van der Waals surface area contributed by atoms with Crippen molar-refractivity contribution in [2.45, 2.75) is 6.92 Å². The fraction of sp³-hybridized carbons (Fsp3) is 0.0909. The molecule has 0 spiro atoms. The maximum Gasteiger partial charge on any atom is 0.248 e. The number of amides is 1. The van der Waals surface area contributed by atoms with Crippen LogP contribution in [0.5, 0.6) is 0 Å². The summed E-state index contributed by atoms with van der Waals surface area (Å²) in [6, 6.07) is 5.68. The van der Waals surface area contributed by atoms with E-state index in [2.05, 4.69) is 5.32 Å². The van der Waals surface area contributed by atoms with Gasteiger partial charge in [0.2, 0.25) is 5.91 Å². The first-order valence-electron chi connectivity index (χ1n) is 4.30. The average molecular weight is 204 g/mol. The van der Waals surface area contributed by atoms with Gasteiger partial charge in [0.25, 0.3) is 0 Å². The van der Waals surface area contributed by atoms with Crippen molar-refractivity contribution >= 4 is 11.6 Å². The Morgan fingerprint density at radius 2 is 2.33 bits per heavy atom. The monoisotopic (exact) mass is 204 g/mol. The molecule has 0 saturated carbocycles. The molecule has 15 heavy (non-hydrogen) atoms. The molecule has 0 radical (unpaired) electrons.